The minimum absolute atomic E-state index is 0.356. The number of piperidine rings is 1. The van der Waals surface area contributed by atoms with Crippen molar-refractivity contribution in [2.45, 2.75) is 43.8 Å². The third-order valence-electron chi connectivity index (χ3n) is 6.62. The fourth-order valence-corrected chi connectivity index (χ4v) is 5.02. The monoisotopic (exact) mass is 419 g/mol. The number of aromatic amines is 2. The van der Waals surface area contributed by atoms with E-state index in [0.717, 1.165) is 18.7 Å². The SMILES string of the molecule is CN(c1cnc(-c2cc(F)c(-c3cn[nH]c3)c3cn[nH]c23)nn1)C1C[C@H]2CC[C@@H](C1)N2. The maximum absolute atomic E-state index is 15.1. The molecule has 9 nitrogen and oxygen atoms in total. The topological polar surface area (TPSA) is 111 Å². The van der Waals surface area contributed by atoms with E-state index in [0.29, 0.717) is 51.5 Å². The molecule has 10 heteroatoms. The number of H-pyrrole nitrogens is 2. The van der Waals surface area contributed by atoms with Gasteiger partial charge in [-0.2, -0.15) is 10.2 Å². The Labute approximate surface area is 177 Å². The maximum Gasteiger partial charge on any atom is 0.184 e. The average Bonchev–Trinajstić information content (AvgIpc) is 3.55. The molecule has 4 aromatic rings. The molecule has 31 heavy (non-hydrogen) atoms. The van der Waals surface area contributed by atoms with Crippen LogP contribution in [0, 0.1) is 5.82 Å². The van der Waals surface area contributed by atoms with Crippen molar-refractivity contribution >= 4 is 16.7 Å². The number of halogens is 1. The van der Waals surface area contributed by atoms with Crippen LogP contribution in [0.2, 0.25) is 0 Å². The van der Waals surface area contributed by atoms with E-state index in [1.807, 2.05) is 7.05 Å². The molecular weight excluding hydrogens is 397 g/mol. The van der Waals surface area contributed by atoms with Gasteiger partial charge in [-0.05, 0) is 31.7 Å². The number of aromatic nitrogens is 7. The molecule has 3 aromatic heterocycles. The Hall–Kier alpha value is -3.40. The highest BCUT2D eigenvalue weighted by atomic mass is 19.1. The molecule has 2 fully saturated rings. The van der Waals surface area contributed by atoms with Crippen molar-refractivity contribution in [3.05, 3.63) is 36.7 Å². The summed E-state index contributed by atoms with van der Waals surface area (Å²) in [5.41, 5.74) is 2.28. The molecule has 2 saturated heterocycles. The van der Waals surface area contributed by atoms with Crippen LogP contribution in [-0.2, 0) is 0 Å². The largest absolute Gasteiger partial charge is 0.354 e. The first-order valence-corrected chi connectivity index (χ1v) is 10.5. The van der Waals surface area contributed by atoms with Gasteiger partial charge in [0, 0.05) is 53.4 Å². The summed E-state index contributed by atoms with van der Waals surface area (Å²) in [6.07, 6.45) is 11.3. The van der Waals surface area contributed by atoms with Crippen LogP contribution in [0.15, 0.2) is 30.9 Å². The molecule has 1 unspecified atom stereocenters. The van der Waals surface area contributed by atoms with Gasteiger partial charge in [0.2, 0.25) is 0 Å². The van der Waals surface area contributed by atoms with Crippen LogP contribution in [-0.4, -0.2) is 60.7 Å². The van der Waals surface area contributed by atoms with E-state index in [1.54, 1.807) is 24.8 Å². The highest BCUT2D eigenvalue weighted by Crippen LogP contribution is 2.35. The van der Waals surface area contributed by atoms with Gasteiger partial charge >= 0.3 is 0 Å². The van der Waals surface area contributed by atoms with Gasteiger partial charge in [0.05, 0.1) is 24.1 Å². The van der Waals surface area contributed by atoms with Crippen LogP contribution < -0.4 is 10.2 Å². The van der Waals surface area contributed by atoms with Crippen molar-refractivity contribution in [2.75, 3.05) is 11.9 Å². The van der Waals surface area contributed by atoms with E-state index in [2.05, 4.69) is 45.8 Å². The Morgan fingerprint density at radius 1 is 1.06 bits per heavy atom. The van der Waals surface area contributed by atoms with Gasteiger partial charge in [-0.1, -0.05) is 0 Å². The zero-order chi connectivity index (χ0) is 20.9. The Bertz CT molecular complexity index is 1210. The molecule has 0 aliphatic carbocycles. The molecule has 0 spiro atoms. The van der Waals surface area contributed by atoms with Crippen molar-refractivity contribution in [1.29, 1.82) is 0 Å². The van der Waals surface area contributed by atoms with Gasteiger partial charge < -0.3 is 10.2 Å². The highest BCUT2D eigenvalue weighted by Gasteiger charge is 2.35. The van der Waals surface area contributed by atoms with Crippen LogP contribution in [0.25, 0.3) is 33.4 Å². The molecule has 0 radical (unpaired) electrons. The lowest BCUT2D eigenvalue weighted by Gasteiger charge is -2.35. The van der Waals surface area contributed by atoms with Crippen LogP contribution in [0.4, 0.5) is 10.2 Å². The predicted octanol–water partition coefficient (Wildman–Crippen LogP) is 2.66. The van der Waals surface area contributed by atoms with Crippen molar-refractivity contribution in [1.82, 2.24) is 40.9 Å². The summed E-state index contributed by atoms with van der Waals surface area (Å²) in [6.45, 7) is 0. The predicted molar refractivity (Wildman–Crippen MR) is 114 cm³/mol. The van der Waals surface area contributed by atoms with Crippen LogP contribution >= 0.6 is 0 Å². The number of anilines is 1. The Kier molecular flexibility index (Phi) is 4.20. The summed E-state index contributed by atoms with van der Waals surface area (Å²) >= 11 is 0. The molecule has 2 aliphatic rings. The Morgan fingerprint density at radius 3 is 2.61 bits per heavy atom. The first-order chi connectivity index (χ1) is 15.2. The van der Waals surface area contributed by atoms with E-state index in [4.69, 9.17) is 0 Å². The quantitative estimate of drug-likeness (QED) is 0.466. The van der Waals surface area contributed by atoms with Gasteiger partial charge in [0.15, 0.2) is 11.6 Å². The number of fused-ring (bicyclic) bond motifs is 3. The van der Waals surface area contributed by atoms with E-state index >= 15 is 4.39 Å². The molecule has 0 amide bonds. The summed E-state index contributed by atoms with van der Waals surface area (Å²) in [4.78, 5) is 6.69. The molecule has 6 rings (SSSR count). The molecule has 2 bridgehead atoms. The summed E-state index contributed by atoms with van der Waals surface area (Å²) in [5.74, 6) is 0.695. The third kappa shape index (κ3) is 3.05. The molecular formula is C21H22FN9. The number of rotatable bonds is 4. The van der Waals surface area contributed by atoms with Crippen molar-refractivity contribution in [2.24, 2.45) is 0 Å². The molecule has 5 heterocycles. The van der Waals surface area contributed by atoms with E-state index in [9.17, 15) is 0 Å². The molecule has 3 atom stereocenters. The summed E-state index contributed by atoms with van der Waals surface area (Å²) in [7, 11) is 2.05. The van der Waals surface area contributed by atoms with Gasteiger partial charge in [-0.25, -0.2) is 9.37 Å². The lowest BCUT2D eigenvalue weighted by molar-refractivity contribution is 0.353. The van der Waals surface area contributed by atoms with Crippen molar-refractivity contribution in [3.63, 3.8) is 0 Å². The summed E-state index contributed by atoms with van der Waals surface area (Å²) < 4.78 is 15.1. The number of nitrogens with one attached hydrogen (secondary N) is 3. The Balaban J connectivity index is 1.33. The fourth-order valence-electron chi connectivity index (χ4n) is 5.02. The first-order valence-electron chi connectivity index (χ1n) is 10.5. The zero-order valence-corrected chi connectivity index (χ0v) is 17.0. The normalized spacial score (nSPS) is 22.8. The summed E-state index contributed by atoms with van der Waals surface area (Å²) in [5, 5.41) is 26.8. The van der Waals surface area contributed by atoms with Gasteiger partial charge in [0.25, 0.3) is 0 Å². The lowest BCUT2D eigenvalue weighted by Crippen LogP contribution is -2.47. The second kappa shape index (κ2) is 7.09. The summed E-state index contributed by atoms with van der Waals surface area (Å²) in [6, 6.07) is 3.04. The highest BCUT2D eigenvalue weighted by molar-refractivity contribution is 6.01. The van der Waals surface area contributed by atoms with Crippen LogP contribution in [0.5, 0.6) is 0 Å². The first kappa shape index (κ1) is 18.4. The molecule has 1 aromatic carbocycles. The minimum Gasteiger partial charge on any atom is -0.354 e. The zero-order valence-electron chi connectivity index (χ0n) is 17.0. The fraction of sp³-hybridized carbons (Fsp3) is 0.381. The van der Waals surface area contributed by atoms with Gasteiger partial charge in [-0.3, -0.25) is 10.2 Å². The number of benzene rings is 1. The Morgan fingerprint density at radius 2 is 1.90 bits per heavy atom. The third-order valence-corrected chi connectivity index (χ3v) is 6.62. The van der Waals surface area contributed by atoms with Crippen molar-refractivity contribution < 1.29 is 4.39 Å². The molecule has 2 aliphatic heterocycles. The van der Waals surface area contributed by atoms with Crippen LogP contribution in [0.1, 0.15) is 25.7 Å². The lowest BCUT2D eigenvalue weighted by atomic mass is 9.99. The average molecular weight is 419 g/mol. The minimum atomic E-state index is -0.389. The molecule has 3 N–H and O–H groups in total. The van der Waals surface area contributed by atoms with Crippen molar-refractivity contribution in [3.8, 4) is 22.5 Å². The second-order valence-corrected chi connectivity index (χ2v) is 8.44. The number of hydrogen-bond acceptors (Lipinski definition) is 7. The van der Waals surface area contributed by atoms with E-state index in [1.165, 1.54) is 18.9 Å². The van der Waals surface area contributed by atoms with Gasteiger partial charge in [0.1, 0.15) is 5.82 Å². The van der Waals surface area contributed by atoms with E-state index < -0.39 is 0 Å². The maximum atomic E-state index is 15.1. The number of hydrogen-bond donors (Lipinski definition) is 3. The number of nitrogens with zero attached hydrogens (tertiary/aromatic N) is 6. The molecule has 0 saturated carbocycles. The van der Waals surface area contributed by atoms with Gasteiger partial charge in [-0.15, -0.1) is 10.2 Å². The van der Waals surface area contributed by atoms with E-state index in [-0.39, 0.29) is 5.82 Å². The second-order valence-electron chi connectivity index (χ2n) is 8.44. The smallest absolute Gasteiger partial charge is 0.184 e. The molecule has 158 valence electrons. The standard InChI is InChI=1S/C21H22FN9/c1-31(14-4-12-2-3-13(5-14)27-12)18-10-23-21(30-28-18)15-6-17(22)19(11-7-24-25-8-11)16-9-26-29-20(15)16/h6-10,12-14,27H,2-5H2,1H3,(H,24,25)(H,26,29)/t12-,13+,14?. The van der Waals surface area contributed by atoms with Crippen LogP contribution in [0.3, 0.4) is 0 Å².